The molecule has 3 heterocycles. The Bertz CT molecular complexity index is 710. The lowest BCUT2D eigenvalue weighted by Crippen LogP contribution is -2.48. The Hall–Kier alpha value is -1.34. The molecule has 1 aromatic rings. The van der Waals surface area contributed by atoms with Crippen LogP contribution >= 0.6 is 11.8 Å². The summed E-state index contributed by atoms with van der Waals surface area (Å²) in [6.45, 7) is 6.40. The number of hydrogen-bond donors (Lipinski definition) is 0. The molecule has 1 atom stereocenters. The Morgan fingerprint density at radius 1 is 1.36 bits per heavy atom. The molecule has 0 saturated carbocycles. The maximum absolute atomic E-state index is 13.0. The van der Waals surface area contributed by atoms with Crippen molar-refractivity contribution in [2.45, 2.75) is 50.9 Å². The maximum Gasteiger partial charge on any atom is 0.257 e. The summed E-state index contributed by atoms with van der Waals surface area (Å²) in [5.74, 6) is 0.722. The Kier molecular flexibility index (Phi) is 5.53. The van der Waals surface area contributed by atoms with Gasteiger partial charge in [-0.25, -0.2) is 4.98 Å². The van der Waals surface area contributed by atoms with E-state index >= 15 is 0 Å². The van der Waals surface area contributed by atoms with Gasteiger partial charge in [-0.05, 0) is 46.3 Å². The van der Waals surface area contributed by atoms with Crippen LogP contribution in [0.25, 0.3) is 0 Å². The number of hydrogen-bond acceptors (Lipinski definition) is 5. The van der Waals surface area contributed by atoms with Crippen LogP contribution in [0.15, 0.2) is 9.95 Å². The van der Waals surface area contributed by atoms with Crippen molar-refractivity contribution in [1.29, 1.82) is 0 Å². The second-order valence-corrected chi connectivity index (χ2v) is 8.21. The number of aromatic nitrogens is 2. The van der Waals surface area contributed by atoms with Gasteiger partial charge >= 0.3 is 0 Å². The molecule has 3 rings (SSSR count). The van der Waals surface area contributed by atoms with Crippen LogP contribution in [0.3, 0.4) is 0 Å². The highest BCUT2D eigenvalue weighted by Crippen LogP contribution is 2.28. The van der Waals surface area contributed by atoms with E-state index in [0.717, 1.165) is 42.3 Å². The summed E-state index contributed by atoms with van der Waals surface area (Å²) in [4.78, 5) is 34.5. The van der Waals surface area contributed by atoms with Crippen LogP contribution in [0.1, 0.15) is 31.0 Å². The Balaban J connectivity index is 1.76. The van der Waals surface area contributed by atoms with Crippen molar-refractivity contribution in [3.63, 3.8) is 0 Å². The van der Waals surface area contributed by atoms with Crippen molar-refractivity contribution in [2.24, 2.45) is 5.92 Å². The third kappa shape index (κ3) is 3.62. The van der Waals surface area contributed by atoms with E-state index in [9.17, 15) is 9.59 Å². The maximum atomic E-state index is 13.0. The van der Waals surface area contributed by atoms with Gasteiger partial charge in [-0.1, -0.05) is 18.7 Å². The summed E-state index contributed by atoms with van der Waals surface area (Å²) in [7, 11) is 4.05. The van der Waals surface area contributed by atoms with E-state index in [1.165, 1.54) is 11.8 Å². The number of thioether (sulfide) groups is 1. The van der Waals surface area contributed by atoms with Gasteiger partial charge in [-0.3, -0.25) is 14.2 Å². The van der Waals surface area contributed by atoms with Crippen molar-refractivity contribution in [3.8, 4) is 0 Å². The van der Waals surface area contributed by atoms with Gasteiger partial charge < -0.3 is 9.80 Å². The average Bonchev–Trinajstić information content (AvgIpc) is 2.61. The van der Waals surface area contributed by atoms with Gasteiger partial charge in [0.1, 0.15) is 0 Å². The highest BCUT2D eigenvalue weighted by atomic mass is 32.2. The Labute approximate surface area is 153 Å². The quantitative estimate of drug-likeness (QED) is 0.759. The summed E-state index contributed by atoms with van der Waals surface area (Å²) >= 11 is 1.53. The molecule has 138 valence electrons. The van der Waals surface area contributed by atoms with E-state index in [-0.39, 0.29) is 17.4 Å². The molecule has 0 radical (unpaired) electrons. The second kappa shape index (κ2) is 7.50. The summed E-state index contributed by atoms with van der Waals surface area (Å²) in [5.41, 5.74) is 1.61. The molecule has 7 heteroatoms. The zero-order chi connectivity index (χ0) is 18.1. The first kappa shape index (κ1) is 18.5. The van der Waals surface area contributed by atoms with Crippen LogP contribution in [0.2, 0.25) is 0 Å². The predicted octanol–water partition coefficient (Wildman–Crippen LogP) is 1.39. The van der Waals surface area contributed by atoms with Gasteiger partial charge in [-0.15, -0.1) is 0 Å². The monoisotopic (exact) mass is 364 g/mol. The highest BCUT2D eigenvalue weighted by molar-refractivity contribution is 7.99. The van der Waals surface area contributed by atoms with Crippen molar-refractivity contribution < 1.29 is 4.79 Å². The third-order valence-corrected chi connectivity index (χ3v) is 6.68. The first-order valence-electron chi connectivity index (χ1n) is 9.10. The van der Waals surface area contributed by atoms with Crippen LogP contribution in [0.5, 0.6) is 0 Å². The fourth-order valence-electron chi connectivity index (χ4n) is 3.80. The van der Waals surface area contributed by atoms with E-state index in [0.29, 0.717) is 24.8 Å². The first-order valence-corrected chi connectivity index (χ1v) is 10.1. The van der Waals surface area contributed by atoms with Gasteiger partial charge in [0.25, 0.3) is 5.56 Å². The van der Waals surface area contributed by atoms with Gasteiger partial charge in [-0.2, -0.15) is 0 Å². The van der Waals surface area contributed by atoms with Crippen molar-refractivity contribution in [3.05, 3.63) is 21.6 Å². The van der Waals surface area contributed by atoms with E-state index in [4.69, 9.17) is 0 Å². The zero-order valence-electron chi connectivity index (χ0n) is 15.6. The summed E-state index contributed by atoms with van der Waals surface area (Å²) in [6.07, 6.45) is 2.72. The largest absolute Gasteiger partial charge is 0.342 e. The number of carbonyl (C=O) groups excluding carboxylic acids is 1. The molecule has 1 amide bonds. The van der Waals surface area contributed by atoms with Gasteiger partial charge in [0.05, 0.1) is 5.92 Å². The lowest BCUT2D eigenvalue weighted by Gasteiger charge is -2.37. The van der Waals surface area contributed by atoms with Crippen molar-refractivity contribution in [2.75, 3.05) is 32.9 Å². The van der Waals surface area contributed by atoms with Crippen LogP contribution < -0.4 is 5.56 Å². The molecule has 1 unspecified atom stereocenters. The summed E-state index contributed by atoms with van der Waals surface area (Å²) in [5, 5.41) is 0.755. The molecule has 2 aliphatic heterocycles. The van der Waals surface area contributed by atoms with Crippen LogP contribution in [0.4, 0.5) is 0 Å². The normalized spacial score (nSPS) is 21.8. The molecule has 0 aliphatic carbocycles. The molecule has 0 bridgehead atoms. The minimum Gasteiger partial charge on any atom is -0.342 e. The molecule has 1 saturated heterocycles. The summed E-state index contributed by atoms with van der Waals surface area (Å²) < 4.78 is 1.71. The molecule has 25 heavy (non-hydrogen) atoms. The minimum absolute atomic E-state index is 0.0249. The predicted molar refractivity (Wildman–Crippen MR) is 100 cm³/mol. The van der Waals surface area contributed by atoms with E-state index in [1.807, 2.05) is 25.8 Å². The molecular weight excluding hydrogens is 336 g/mol. The molecule has 6 nitrogen and oxygen atoms in total. The number of likely N-dealkylation sites (tertiary alicyclic amines) is 1. The molecule has 1 aromatic heterocycles. The van der Waals surface area contributed by atoms with Gasteiger partial charge in [0.2, 0.25) is 5.91 Å². The smallest absolute Gasteiger partial charge is 0.257 e. The number of carbonyl (C=O) groups is 1. The molecule has 1 fully saturated rings. The lowest BCUT2D eigenvalue weighted by atomic mass is 10.0. The lowest BCUT2D eigenvalue weighted by molar-refractivity contribution is -0.137. The SMILES string of the molecule is CCc1c(C)nc2n(c1=O)CC(C(=O)N(C)C1CCN(C)CC1)CS2. The number of aryl methyl sites for hydroxylation is 1. The first-order chi connectivity index (χ1) is 11.9. The van der Waals surface area contributed by atoms with Crippen LogP contribution in [-0.2, 0) is 17.8 Å². The number of amides is 1. The van der Waals surface area contributed by atoms with E-state index < -0.39 is 0 Å². The van der Waals surface area contributed by atoms with E-state index in [2.05, 4.69) is 16.9 Å². The fourth-order valence-corrected chi connectivity index (χ4v) is 4.91. The molecule has 0 spiro atoms. The topological polar surface area (TPSA) is 58.4 Å². The Morgan fingerprint density at radius 2 is 2.04 bits per heavy atom. The number of fused-ring (bicyclic) bond motifs is 1. The molecular formula is C18H28N4O2S. The number of piperidine rings is 1. The minimum atomic E-state index is -0.144. The molecule has 0 aromatic carbocycles. The van der Waals surface area contributed by atoms with Crippen LogP contribution in [-0.4, -0.2) is 64.2 Å². The molecule has 0 N–H and O–H groups in total. The second-order valence-electron chi connectivity index (χ2n) is 7.22. The third-order valence-electron chi connectivity index (χ3n) is 5.54. The van der Waals surface area contributed by atoms with Crippen molar-refractivity contribution >= 4 is 17.7 Å². The van der Waals surface area contributed by atoms with Crippen molar-refractivity contribution in [1.82, 2.24) is 19.4 Å². The standard InChI is InChI=1S/C18H28N4O2S/c1-5-15-12(2)19-18-22(17(15)24)10-13(11-25-18)16(23)21(4)14-6-8-20(3)9-7-14/h13-14H,5-11H2,1-4H3. The fraction of sp³-hybridized carbons (Fsp3) is 0.722. The van der Waals surface area contributed by atoms with Gasteiger partial charge in [0.15, 0.2) is 5.16 Å². The van der Waals surface area contributed by atoms with E-state index in [1.54, 1.807) is 4.57 Å². The zero-order valence-corrected chi connectivity index (χ0v) is 16.4. The van der Waals surface area contributed by atoms with Gasteiger partial charge in [0, 0.05) is 36.6 Å². The number of nitrogens with zero attached hydrogens (tertiary/aromatic N) is 4. The molecule has 2 aliphatic rings. The average molecular weight is 365 g/mol. The highest BCUT2D eigenvalue weighted by Gasteiger charge is 2.33. The van der Waals surface area contributed by atoms with Crippen LogP contribution in [0, 0.1) is 12.8 Å². The summed E-state index contributed by atoms with van der Waals surface area (Å²) in [6, 6.07) is 0.314. The Morgan fingerprint density at radius 3 is 2.68 bits per heavy atom. The number of rotatable bonds is 3.